The average molecular weight is 1460 g/mol. The van der Waals surface area contributed by atoms with Gasteiger partial charge in [-0.1, -0.05) is 243 Å². The lowest BCUT2D eigenvalue weighted by Gasteiger charge is -2.52. The molecule has 0 bridgehead atoms. The van der Waals surface area contributed by atoms with Gasteiger partial charge in [0.1, 0.15) is 97.7 Å². The Kier molecular flexibility index (Phi) is 30.7. The van der Waals surface area contributed by atoms with Crippen molar-refractivity contribution in [2.45, 2.75) is 176 Å². The zero-order chi connectivity index (χ0) is 73.1. The third-order valence-electron chi connectivity index (χ3n) is 19.3. The monoisotopic (exact) mass is 1460 g/mol. The fourth-order valence-corrected chi connectivity index (χ4v) is 13.9. The number of ether oxygens (including phenoxy) is 20. The van der Waals surface area contributed by atoms with Crippen LogP contribution in [-0.4, -0.2) is 190 Å². The molecule has 4 aliphatic rings. The number of hydrogen-bond acceptors (Lipinski definition) is 21. The largest absolute Gasteiger partial charge is 0.387 e. The van der Waals surface area contributed by atoms with Gasteiger partial charge in [0.2, 0.25) is 0 Å². The van der Waals surface area contributed by atoms with E-state index in [1.54, 1.807) is 28.4 Å². The van der Waals surface area contributed by atoms with Crippen molar-refractivity contribution in [3.05, 3.63) is 287 Å². The number of hydrogen-bond donors (Lipinski definition) is 1. The SMILES string of the molecule is CO[C@H]1O[C@H](COCc2ccccc2)[C@@H](O[C@H]2O[C@H](COCc3ccccc3)[C@@H](O[C@H]3O[C@H](COCc4ccccc4)[C@@H](O[C@H]4O[C@H](COCc5ccccc5)[C@@H](O)[C@H](OC)[C@@H]4OCc4ccccc4)[C@H](OC)[C@@H]3OCc3ccccc3)[C@H](OC)[C@@H]2OCc2ccccc2)[C@H](OC)[C@@H]1OCc1ccccc1. The number of methoxy groups -OCH3 is 5. The van der Waals surface area contributed by atoms with Gasteiger partial charge in [-0.2, -0.15) is 0 Å². The Hall–Kier alpha value is -7.08. The van der Waals surface area contributed by atoms with E-state index in [1.807, 2.05) is 243 Å². The van der Waals surface area contributed by atoms with Gasteiger partial charge in [-0.3, -0.25) is 0 Å². The molecule has 0 aromatic heterocycles. The molecule has 1 N–H and O–H groups in total. The van der Waals surface area contributed by atoms with Crippen LogP contribution in [0.25, 0.3) is 0 Å². The van der Waals surface area contributed by atoms with Gasteiger partial charge in [-0.25, -0.2) is 0 Å². The summed E-state index contributed by atoms with van der Waals surface area (Å²) >= 11 is 0. The maximum Gasteiger partial charge on any atom is 0.187 e. The van der Waals surface area contributed by atoms with Crippen molar-refractivity contribution in [1.82, 2.24) is 0 Å². The topological polar surface area (TPSA) is 205 Å². The standard InChI is InChI=1S/C85H100O21/c1-87-74-70(86)66(54-92-46-58-30-14-6-15-31-58)100-83(78(74)96-50-62-38-22-10-23-39-62)104-72-68(56-94-48-60-34-18-8-19-35-60)102-85(80(76(72)89-3)98-52-64-42-26-12-27-43-64)106-73-69(57-95-49-61-36-20-9-21-37-61)103-84(81(77(73)90-4)99-53-65-44-28-13-29-45-65)105-71-67(55-93-47-59-32-16-7-17-33-59)101-82(91-5)79(75(71)88-2)97-51-63-40-24-11-25-41-63/h6-45,66-86H,46-57H2,1-5H3/t66-,67-,68-,69-,70-,71-,72-,73-,74+,75+,76+,77+,78+,79+,80+,81+,82+,83-,84-,85-/m1/s1. The highest BCUT2D eigenvalue weighted by molar-refractivity contribution is 5.20. The van der Waals surface area contributed by atoms with E-state index in [0.29, 0.717) is 0 Å². The molecule has 0 spiro atoms. The highest BCUT2D eigenvalue weighted by Crippen LogP contribution is 2.40. The summed E-state index contributed by atoms with van der Waals surface area (Å²) in [7, 11) is 7.89. The number of benzene rings is 8. The Labute approximate surface area is 621 Å². The molecule has 4 aliphatic heterocycles. The quantitative estimate of drug-likeness (QED) is 0.0380. The second-order valence-electron chi connectivity index (χ2n) is 26.5. The van der Waals surface area contributed by atoms with Crippen molar-refractivity contribution < 1.29 is 99.8 Å². The molecular weight excluding hydrogens is 1360 g/mol. The Morgan fingerprint density at radius 2 is 0.434 bits per heavy atom. The summed E-state index contributed by atoms with van der Waals surface area (Å²) in [5.41, 5.74) is 7.29. The zero-order valence-corrected chi connectivity index (χ0v) is 60.7. The number of rotatable bonds is 39. The Balaban J connectivity index is 0.916. The lowest BCUT2D eigenvalue weighted by atomic mass is 9.94. The van der Waals surface area contributed by atoms with Gasteiger partial charge in [0.15, 0.2) is 25.2 Å². The van der Waals surface area contributed by atoms with Gasteiger partial charge in [0.25, 0.3) is 0 Å². The zero-order valence-electron chi connectivity index (χ0n) is 60.7. The van der Waals surface area contributed by atoms with Gasteiger partial charge in [-0.15, -0.1) is 0 Å². The molecule has 0 aliphatic carbocycles. The van der Waals surface area contributed by atoms with E-state index in [1.165, 1.54) is 7.11 Å². The van der Waals surface area contributed by atoms with Crippen LogP contribution in [-0.2, 0) is 148 Å². The predicted octanol–water partition coefficient (Wildman–Crippen LogP) is 11.3. The maximum atomic E-state index is 12.2. The first-order chi connectivity index (χ1) is 52.3. The lowest BCUT2D eigenvalue weighted by Crippen LogP contribution is -2.68. The smallest absolute Gasteiger partial charge is 0.187 e. The van der Waals surface area contributed by atoms with Crippen LogP contribution in [0, 0.1) is 0 Å². The third kappa shape index (κ3) is 21.7. The van der Waals surface area contributed by atoms with E-state index in [2.05, 4.69) is 0 Å². The van der Waals surface area contributed by atoms with Crippen molar-refractivity contribution in [3.63, 3.8) is 0 Å². The van der Waals surface area contributed by atoms with Gasteiger partial charge < -0.3 is 99.8 Å². The van der Waals surface area contributed by atoms with E-state index < -0.39 is 123 Å². The summed E-state index contributed by atoms with van der Waals surface area (Å²) < 4.78 is 138. The molecule has 20 atom stereocenters. The van der Waals surface area contributed by atoms with Crippen molar-refractivity contribution in [2.24, 2.45) is 0 Å². The van der Waals surface area contributed by atoms with E-state index in [0.717, 1.165) is 44.5 Å². The van der Waals surface area contributed by atoms with Crippen LogP contribution < -0.4 is 0 Å². The van der Waals surface area contributed by atoms with Crippen LogP contribution in [0.3, 0.4) is 0 Å². The van der Waals surface area contributed by atoms with Gasteiger partial charge in [0.05, 0.1) is 79.3 Å². The molecule has 0 radical (unpaired) electrons. The molecule has 12 rings (SSSR count). The fourth-order valence-electron chi connectivity index (χ4n) is 13.9. The van der Waals surface area contributed by atoms with Crippen LogP contribution in [0.15, 0.2) is 243 Å². The minimum atomic E-state index is -1.32. The van der Waals surface area contributed by atoms with E-state index in [9.17, 15) is 5.11 Å². The molecule has 8 aromatic carbocycles. The van der Waals surface area contributed by atoms with Crippen LogP contribution in [0.1, 0.15) is 44.5 Å². The van der Waals surface area contributed by atoms with Gasteiger partial charge >= 0.3 is 0 Å². The van der Waals surface area contributed by atoms with E-state index in [-0.39, 0.29) is 79.3 Å². The van der Waals surface area contributed by atoms with Gasteiger partial charge in [0, 0.05) is 35.5 Å². The summed E-state index contributed by atoms with van der Waals surface area (Å²) in [6.45, 7) is 1.37. The first-order valence-electron chi connectivity index (χ1n) is 36.3. The van der Waals surface area contributed by atoms with Crippen molar-refractivity contribution in [3.8, 4) is 0 Å². The highest BCUT2D eigenvalue weighted by atomic mass is 16.8. The van der Waals surface area contributed by atoms with E-state index in [4.69, 9.17) is 94.7 Å². The Bertz CT molecular complexity index is 3680. The molecule has 8 aromatic rings. The van der Waals surface area contributed by atoms with Gasteiger partial charge in [-0.05, 0) is 44.5 Å². The number of aliphatic hydroxyl groups is 1. The maximum absolute atomic E-state index is 12.2. The molecule has 0 saturated carbocycles. The summed E-state index contributed by atoms with van der Waals surface area (Å²) in [5, 5.41) is 12.2. The number of aliphatic hydroxyl groups excluding tert-OH is 1. The molecular formula is C85H100O21. The Morgan fingerprint density at radius 3 is 0.679 bits per heavy atom. The second kappa shape index (κ2) is 41.5. The first-order valence-corrected chi connectivity index (χ1v) is 36.3. The molecule has 106 heavy (non-hydrogen) atoms. The summed E-state index contributed by atoms with van der Waals surface area (Å²) in [6, 6.07) is 78.5. The predicted molar refractivity (Wildman–Crippen MR) is 390 cm³/mol. The van der Waals surface area contributed by atoms with Crippen LogP contribution in [0.5, 0.6) is 0 Å². The molecule has 21 nitrogen and oxygen atoms in total. The summed E-state index contributed by atoms with van der Waals surface area (Å²) in [4.78, 5) is 0. The van der Waals surface area contributed by atoms with Crippen molar-refractivity contribution >= 4 is 0 Å². The minimum absolute atomic E-state index is 0.0240. The molecule has 566 valence electrons. The van der Waals surface area contributed by atoms with Crippen molar-refractivity contribution in [1.29, 1.82) is 0 Å². The molecule has 4 fully saturated rings. The van der Waals surface area contributed by atoms with E-state index >= 15 is 0 Å². The summed E-state index contributed by atoms with van der Waals surface area (Å²) in [6.07, 6.45) is -20.8. The minimum Gasteiger partial charge on any atom is -0.387 e. The normalized spacial score (nSPS) is 29.0. The van der Waals surface area contributed by atoms with Crippen LogP contribution in [0.4, 0.5) is 0 Å². The first kappa shape index (κ1) is 78.5. The van der Waals surface area contributed by atoms with Crippen molar-refractivity contribution in [2.75, 3.05) is 62.0 Å². The van der Waals surface area contributed by atoms with Crippen LogP contribution in [0.2, 0.25) is 0 Å². The lowest BCUT2D eigenvalue weighted by molar-refractivity contribution is -0.399. The summed E-state index contributed by atoms with van der Waals surface area (Å²) in [5.74, 6) is 0. The fraction of sp³-hybridized carbons (Fsp3) is 0.435. The molecule has 0 amide bonds. The molecule has 0 unspecified atom stereocenters. The average Bonchev–Trinajstić information content (AvgIpc) is 0.768. The molecule has 4 saturated heterocycles. The Morgan fingerprint density at radius 1 is 0.226 bits per heavy atom. The highest BCUT2D eigenvalue weighted by Gasteiger charge is 2.58. The second-order valence-corrected chi connectivity index (χ2v) is 26.5. The van der Waals surface area contributed by atoms with Crippen LogP contribution >= 0.6 is 0 Å². The molecule has 4 heterocycles. The molecule has 21 heteroatoms. The third-order valence-corrected chi connectivity index (χ3v) is 19.3.